The molecule has 0 atom stereocenters. The van der Waals surface area contributed by atoms with Gasteiger partial charge in [0, 0.05) is 31.0 Å². The highest BCUT2D eigenvalue weighted by atomic mass is 15.1. The monoisotopic (exact) mass is 284 g/mol. The maximum absolute atomic E-state index is 5.87. The number of hydrogen-bond acceptors (Lipinski definition) is 4. The lowest BCUT2D eigenvalue weighted by atomic mass is 10.2. The number of nitrogens with two attached hydrogens (primary N) is 1. The van der Waals surface area contributed by atoms with Crippen molar-refractivity contribution in [3.8, 4) is 0 Å². The van der Waals surface area contributed by atoms with Crippen molar-refractivity contribution in [1.29, 1.82) is 0 Å². The molecule has 112 valence electrons. The summed E-state index contributed by atoms with van der Waals surface area (Å²) in [5.41, 5.74) is 9.02. The van der Waals surface area contributed by atoms with Crippen LogP contribution in [0.3, 0.4) is 0 Å². The normalized spacial score (nSPS) is 10.8. The first-order chi connectivity index (χ1) is 10.1. The number of nitrogens with one attached hydrogen (secondary N) is 1. The summed E-state index contributed by atoms with van der Waals surface area (Å²) in [5, 5.41) is 3.31. The Kier molecular flexibility index (Phi) is 5.58. The van der Waals surface area contributed by atoms with E-state index in [0.717, 1.165) is 43.1 Å². The summed E-state index contributed by atoms with van der Waals surface area (Å²) in [7, 11) is 2.15. The van der Waals surface area contributed by atoms with E-state index in [4.69, 9.17) is 5.73 Å². The third kappa shape index (κ3) is 5.08. The summed E-state index contributed by atoms with van der Waals surface area (Å²) in [4.78, 5) is 6.65. The maximum atomic E-state index is 5.87. The van der Waals surface area contributed by atoms with E-state index >= 15 is 0 Å². The Balaban J connectivity index is 1.68. The van der Waals surface area contributed by atoms with E-state index in [-0.39, 0.29) is 0 Å². The Morgan fingerprint density at radius 2 is 2.00 bits per heavy atom. The van der Waals surface area contributed by atoms with Crippen LogP contribution in [0.4, 0.5) is 11.5 Å². The standard InChI is InChI=1S/C17H24N4/c1-14-12-20-17(11-16(14)18)19-9-6-10-21(2)13-15-7-4-3-5-8-15/h3-5,7-8,11-12H,6,9-10,13H2,1-2H3,(H3,18,19,20). The molecule has 4 nitrogen and oxygen atoms in total. The van der Waals surface area contributed by atoms with Gasteiger partial charge >= 0.3 is 0 Å². The second kappa shape index (κ2) is 7.64. The van der Waals surface area contributed by atoms with Gasteiger partial charge in [-0.2, -0.15) is 0 Å². The first-order valence-electron chi connectivity index (χ1n) is 7.33. The number of pyridine rings is 1. The van der Waals surface area contributed by atoms with E-state index < -0.39 is 0 Å². The van der Waals surface area contributed by atoms with Crippen LogP contribution in [0.25, 0.3) is 0 Å². The van der Waals surface area contributed by atoms with Gasteiger partial charge in [-0.1, -0.05) is 30.3 Å². The van der Waals surface area contributed by atoms with Gasteiger partial charge in [-0.25, -0.2) is 4.98 Å². The zero-order valence-corrected chi connectivity index (χ0v) is 12.8. The number of hydrogen-bond donors (Lipinski definition) is 2. The first kappa shape index (κ1) is 15.3. The average molecular weight is 284 g/mol. The molecule has 1 heterocycles. The minimum absolute atomic E-state index is 0.786. The van der Waals surface area contributed by atoms with Crippen molar-refractivity contribution in [1.82, 2.24) is 9.88 Å². The average Bonchev–Trinajstić information content (AvgIpc) is 2.48. The van der Waals surface area contributed by atoms with Crippen molar-refractivity contribution >= 4 is 11.5 Å². The van der Waals surface area contributed by atoms with Gasteiger partial charge in [0.05, 0.1) is 0 Å². The van der Waals surface area contributed by atoms with E-state index in [1.165, 1.54) is 5.56 Å². The van der Waals surface area contributed by atoms with Gasteiger partial charge in [-0.15, -0.1) is 0 Å². The minimum atomic E-state index is 0.786. The van der Waals surface area contributed by atoms with Gasteiger partial charge in [0.2, 0.25) is 0 Å². The molecule has 0 aliphatic carbocycles. The lowest BCUT2D eigenvalue weighted by Gasteiger charge is -2.17. The van der Waals surface area contributed by atoms with Gasteiger partial charge < -0.3 is 16.0 Å². The highest BCUT2D eigenvalue weighted by Crippen LogP contribution is 2.13. The molecular formula is C17H24N4. The maximum Gasteiger partial charge on any atom is 0.127 e. The van der Waals surface area contributed by atoms with Crippen molar-refractivity contribution in [2.75, 3.05) is 31.2 Å². The molecule has 0 amide bonds. The number of benzene rings is 1. The number of aromatic nitrogens is 1. The van der Waals surface area contributed by atoms with Gasteiger partial charge in [0.15, 0.2) is 0 Å². The molecule has 0 radical (unpaired) electrons. The predicted molar refractivity (Wildman–Crippen MR) is 89.3 cm³/mol. The van der Waals surface area contributed by atoms with E-state index in [9.17, 15) is 0 Å². The Morgan fingerprint density at radius 1 is 1.24 bits per heavy atom. The van der Waals surface area contributed by atoms with Gasteiger partial charge in [-0.05, 0) is 38.1 Å². The Bertz CT molecular complexity index is 554. The molecule has 3 N–H and O–H groups in total. The number of anilines is 2. The third-order valence-electron chi connectivity index (χ3n) is 3.46. The fourth-order valence-corrected chi connectivity index (χ4v) is 2.18. The number of rotatable bonds is 7. The van der Waals surface area contributed by atoms with Crippen LogP contribution in [0.5, 0.6) is 0 Å². The molecule has 21 heavy (non-hydrogen) atoms. The molecule has 0 aliphatic rings. The van der Waals surface area contributed by atoms with Crippen molar-refractivity contribution in [3.63, 3.8) is 0 Å². The molecule has 0 unspecified atom stereocenters. The SMILES string of the molecule is Cc1cnc(NCCCN(C)Cc2ccccc2)cc1N. The van der Waals surface area contributed by atoms with Crippen LogP contribution in [-0.4, -0.2) is 30.0 Å². The second-order valence-electron chi connectivity index (χ2n) is 5.43. The third-order valence-corrected chi connectivity index (χ3v) is 3.46. The molecule has 2 rings (SSSR count). The number of aryl methyl sites for hydroxylation is 1. The highest BCUT2D eigenvalue weighted by molar-refractivity contribution is 5.53. The smallest absolute Gasteiger partial charge is 0.127 e. The van der Waals surface area contributed by atoms with E-state index in [0.29, 0.717) is 0 Å². The zero-order chi connectivity index (χ0) is 15.1. The zero-order valence-electron chi connectivity index (χ0n) is 12.8. The molecule has 4 heteroatoms. The summed E-state index contributed by atoms with van der Waals surface area (Å²) >= 11 is 0. The number of nitrogen functional groups attached to an aromatic ring is 1. The Hall–Kier alpha value is -2.07. The quantitative estimate of drug-likeness (QED) is 0.768. The topological polar surface area (TPSA) is 54.2 Å². The Morgan fingerprint density at radius 3 is 2.71 bits per heavy atom. The van der Waals surface area contributed by atoms with Crippen molar-refractivity contribution < 1.29 is 0 Å². The molecule has 0 spiro atoms. The predicted octanol–water partition coefficient (Wildman–Crippen LogP) is 2.91. The second-order valence-corrected chi connectivity index (χ2v) is 5.43. The molecule has 0 bridgehead atoms. The lowest BCUT2D eigenvalue weighted by molar-refractivity contribution is 0.325. The summed E-state index contributed by atoms with van der Waals surface area (Å²) in [5.74, 6) is 0.851. The molecule has 0 saturated heterocycles. The molecule has 1 aromatic carbocycles. The molecule has 1 aromatic heterocycles. The summed E-state index contributed by atoms with van der Waals surface area (Å²) in [6.45, 7) is 4.89. The summed E-state index contributed by atoms with van der Waals surface area (Å²) in [6.07, 6.45) is 2.87. The van der Waals surface area contributed by atoms with Crippen LogP contribution < -0.4 is 11.1 Å². The van der Waals surface area contributed by atoms with Crippen LogP contribution >= 0.6 is 0 Å². The fourth-order valence-electron chi connectivity index (χ4n) is 2.18. The van der Waals surface area contributed by atoms with Crippen LogP contribution in [0, 0.1) is 6.92 Å². The first-order valence-corrected chi connectivity index (χ1v) is 7.33. The van der Waals surface area contributed by atoms with E-state index in [1.54, 1.807) is 6.20 Å². The van der Waals surface area contributed by atoms with Crippen molar-refractivity contribution in [3.05, 3.63) is 53.7 Å². The van der Waals surface area contributed by atoms with E-state index in [2.05, 4.69) is 46.5 Å². The molecule has 2 aromatic rings. The number of nitrogens with zero attached hydrogens (tertiary/aromatic N) is 2. The van der Waals surface area contributed by atoms with Crippen LogP contribution in [0.2, 0.25) is 0 Å². The summed E-state index contributed by atoms with van der Waals surface area (Å²) < 4.78 is 0. The van der Waals surface area contributed by atoms with E-state index in [1.807, 2.05) is 19.1 Å². The Labute approximate surface area is 127 Å². The van der Waals surface area contributed by atoms with Crippen LogP contribution in [0.1, 0.15) is 17.5 Å². The van der Waals surface area contributed by atoms with Gasteiger partial charge in [-0.3, -0.25) is 0 Å². The fraction of sp³-hybridized carbons (Fsp3) is 0.353. The highest BCUT2D eigenvalue weighted by Gasteiger charge is 2.01. The summed E-state index contributed by atoms with van der Waals surface area (Å²) in [6, 6.07) is 12.4. The van der Waals surface area contributed by atoms with Crippen molar-refractivity contribution in [2.24, 2.45) is 0 Å². The van der Waals surface area contributed by atoms with Gasteiger partial charge in [0.25, 0.3) is 0 Å². The van der Waals surface area contributed by atoms with Crippen molar-refractivity contribution in [2.45, 2.75) is 19.9 Å². The largest absolute Gasteiger partial charge is 0.398 e. The minimum Gasteiger partial charge on any atom is -0.398 e. The molecule has 0 aliphatic heterocycles. The van der Waals surface area contributed by atoms with Crippen LogP contribution in [-0.2, 0) is 6.54 Å². The lowest BCUT2D eigenvalue weighted by Crippen LogP contribution is -2.21. The molecule has 0 saturated carbocycles. The molecule has 0 fully saturated rings. The van der Waals surface area contributed by atoms with Gasteiger partial charge in [0.1, 0.15) is 5.82 Å². The van der Waals surface area contributed by atoms with Crippen LogP contribution in [0.15, 0.2) is 42.6 Å². The molecular weight excluding hydrogens is 260 g/mol.